The lowest BCUT2D eigenvalue weighted by Crippen LogP contribution is -2.27. The molecule has 0 saturated carbocycles. The third-order valence-corrected chi connectivity index (χ3v) is 6.66. The average Bonchev–Trinajstić information content (AvgIpc) is 3.18. The van der Waals surface area contributed by atoms with Crippen LogP contribution in [0.25, 0.3) is 21.3 Å². The zero-order valence-electron chi connectivity index (χ0n) is 20.0. The van der Waals surface area contributed by atoms with E-state index in [9.17, 15) is 14.4 Å². The van der Waals surface area contributed by atoms with Gasteiger partial charge in [-0.05, 0) is 50.1 Å². The number of benzene rings is 2. The number of anilines is 1. The lowest BCUT2D eigenvalue weighted by Gasteiger charge is -2.09. The molecule has 4 aromatic rings. The number of thiophene rings is 1. The van der Waals surface area contributed by atoms with Gasteiger partial charge in [0, 0.05) is 16.1 Å². The Morgan fingerprint density at radius 1 is 1.06 bits per heavy atom. The number of nitrogens with one attached hydrogen (secondary N) is 1. The van der Waals surface area contributed by atoms with Crippen molar-refractivity contribution >= 4 is 39.1 Å². The van der Waals surface area contributed by atoms with Crippen LogP contribution in [0.5, 0.6) is 0 Å². The van der Waals surface area contributed by atoms with Gasteiger partial charge >= 0.3 is 5.97 Å². The molecule has 0 aliphatic heterocycles. The number of fused-ring (bicyclic) bond motifs is 1. The summed E-state index contributed by atoms with van der Waals surface area (Å²) in [6, 6.07) is 14.5. The minimum atomic E-state index is -0.391. The number of aryl methyl sites for hydroxylation is 2. The maximum Gasteiger partial charge on any atom is 0.338 e. The highest BCUT2D eigenvalue weighted by Gasteiger charge is 2.18. The van der Waals surface area contributed by atoms with Crippen LogP contribution in [0.4, 0.5) is 5.69 Å². The number of hydrogen-bond donors (Lipinski definition) is 1. The summed E-state index contributed by atoms with van der Waals surface area (Å²) in [5.74, 6) is -0.756. The van der Waals surface area contributed by atoms with Gasteiger partial charge in [-0.15, -0.1) is 11.3 Å². The molecule has 0 bridgehead atoms. The van der Waals surface area contributed by atoms with Gasteiger partial charge in [0.2, 0.25) is 5.91 Å². The van der Waals surface area contributed by atoms with Crippen molar-refractivity contribution < 1.29 is 14.3 Å². The molecule has 2 heterocycles. The minimum absolute atomic E-state index is 0.176. The molecule has 1 N–H and O–H groups in total. The number of nitrogens with zero attached hydrogens (tertiary/aromatic N) is 2. The second-order valence-electron chi connectivity index (χ2n) is 8.37. The lowest BCUT2D eigenvalue weighted by molar-refractivity contribution is -0.116. The molecule has 2 aromatic carbocycles. The van der Waals surface area contributed by atoms with Crippen molar-refractivity contribution in [3.8, 4) is 11.1 Å². The Balaban J connectivity index is 1.51. The third-order valence-electron chi connectivity index (χ3n) is 5.64. The molecule has 0 fully saturated rings. The monoisotopic (exact) mass is 489 g/mol. The molecule has 0 aliphatic carbocycles. The third kappa shape index (κ3) is 5.49. The highest BCUT2D eigenvalue weighted by molar-refractivity contribution is 7.19. The van der Waals surface area contributed by atoms with Crippen LogP contribution >= 0.6 is 11.3 Å². The van der Waals surface area contributed by atoms with Crippen molar-refractivity contribution in [1.82, 2.24) is 9.55 Å². The molecule has 7 nitrogen and oxygen atoms in total. The van der Waals surface area contributed by atoms with E-state index in [2.05, 4.69) is 10.3 Å². The SMILES string of the molecule is CCCCOC(=O)c1ccc(NC(=O)Cn2cnc3sc(C)c(-c4ccc(C)cc4)c3c2=O)cc1. The summed E-state index contributed by atoms with van der Waals surface area (Å²) in [5.41, 5.74) is 3.64. The molecular weight excluding hydrogens is 462 g/mol. The van der Waals surface area contributed by atoms with Gasteiger partial charge in [0.15, 0.2) is 0 Å². The summed E-state index contributed by atoms with van der Waals surface area (Å²) >= 11 is 1.47. The summed E-state index contributed by atoms with van der Waals surface area (Å²) in [5, 5.41) is 3.29. The maximum absolute atomic E-state index is 13.3. The number of ether oxygens (including phenoxy) is 1. The largest absolute Gasteiger partial charge is 0.462 e. The molecule has 0 aliphatic rings. The van der Waals surface area contributed by atoms with E-state index in [1.54, 1.807) is 24.3 Å². The van der Waals surface area contributed by atoms with E-state index in [1.165, 1.54) is 22.2 Å². The zero-order chi connectivity index (χ0) is 24.9. The van der Waals surface area contributed by atoms with E-state index in [4.69, 9.17) is 4.74 Å². The molecule has 35 heavy (non-hydrogen) atoms. The number of amides is 1. The first-order chi connectivity index (χ1) is 16.9. The smallest absolute Gasteiger partial charge is 0.338 e. The summed E-state index contributed by atoms with van der Waals surface area (Å²) in [6.07, 6.45) is 3.18. The van der Waals surface area contributed by atoms with Gasteiger partial charge in [0.25, 0.3) is 5.56 Å². The highest BCUT2D eigenvalue weighted by atomic mass is 32.1. The second-order valence-corrected chi connectivity index (χ2v) is 9.58. The van der Waals surface area contributed by atoms with Crippen molar-refractivity contribution in [1.29, 1.82) is 0 Å². The highest BCUT2D eigenvalue weighted by Crippen LogP contribution is 2.35. The number of unbranched alkanes of at least 4 members (excludes halogenated alkanes) is 1. The van der Waals surface area contributed by atoms with Crippen molar-refractivity contribution in [2.75, 3.05) is 11.9 Å². The first-order valence-electron chi connectivity index (χ1n) is 11.5. The van der Waals surface area contributed by atoms with Crippen molar-refractivity contribution in [2.24, 2.45) is 0 Å². The van der Waals surface area contributed by atoms with Crippen LogP contribution in [0.2, 0.25) is 0 Å². The first kappa shape index (κ1) is 24.3. The van der Waals surface area contributed by atoms with Gasteiger partial charge in [-0.2, -0.15) is 0 Å². The molecule has 0 spiro atoms. The van der Waals surface area contributed by atoms with Crippen LogP contribution < -0.4 is 10.9 Å². The molecule has 0 unspecified atom stereocenters. The van der Waals surface area contributed by atoms with Crippen LogP contribution in [0.3, 0.4) is 0 Å². The lowest BCUT2D eigenvalue weighted by atomic mass is 10.0. The van der Waals surface area contributed by atoms with E-state index < -0.39 is 5.97 Å². The Hall–Kier alpha value is -3.78. The molecule has 0 saturated heterocycles. The van der Waals surface area contributed by atoms with Crippen LogP contribution in [0.1, 0.15) is 40.6 Å². The predicted molar refractivity (Wildman–Crippen MR) is 139 cm³/mol. The van der Waals surface area contributed by atoms with Crippen molar-refractivity contribution in [2.45, 2.75) is 40.2 Å². The summed E-state index contributed by atoms with van der Waals surface area (Å²) in [7, 11) is 0. The van der Waals surface area contributed by atoms with Gasteiger partial charge in [0.05, 0.1) is 23.9 Å². The van der Waals surface area contributed by atoms with Crippen LogP contribution in [0.15, 0.2) is 59.7 Å². The zero-order valence-corrected chi connectivity index (χ0v) is 20.8. The van der Waals surface area contributed by atoms with E-state index in [0.29, 0.717) is 28.1 Å². The topological polar surface area (TPSA) is 90.3 Å². The fourth-order valence-electron chi connectivity index (χ4n) is 3.76. The Kier molecular flexibility index (Phi) is 7.41. The fraction of sp³-hybridized carbons (Fsp3) is 0.259. The Bertz CT molecular complexity index is 1420. The van der Waals surface area contributed by atoms with Crippen LogP contribution in [-0.4, -0.2) is 28.0 Å². The Morgan fingerprint density at radius 3 is 2.46 bits per heavy atom. The number of esters is 1. The number of hydrogen-bond acceptors (Lipinski definition) is 6. The quantitative estimate of drug-likeness (QED) is 0.267. The molecule has 0 atom stereocenters. The molecular formula is C27H27N3O4S. The maximum atomic E-state index is 13.3. The number of rotatable bonds is 8. The summed E-state index contributed by atoms with van der Waals surface area (Å²) < 4.78 is 6.52. The minimum Gasteiger partial charge on any atom is -0.462 e. The summed E-state index contributed by atoms with van der Waals surface area (Å²) in [4.78, 5) is 44.1. The van der Waals surface area contributed by atoms with Gasteiger partial charge in [-0.3, -0.25) is 14.2 Å². The molecule has 4 rings (SSSR count). The van der Waals surface area contributed by atoms with Crippen molar-refractivity contribution in [3.05, 3.63) is 81.2 Å². The fourth-order valence-corrected chi connectivity index (χ4v) is 4.76. The van der Waals surface area contributed by atoms with Gasteiger partial charge in [-0.1, -0.05) is 43.2 Å². The molecule has 180 valence electrons. The Labute approximate surface area is 207 Å². The number of carbonyl (C=O) groups excluding carboxylic acids is 2. The number of aromatic nitrogens is 2. The normalized spacial score (nSPS) is 10.9. The van der Waals surface area contributed by atoms with Crippen LogP contribution in [0, 0.1) is 13.8 Å². The van der Waals surface area contributed by atoms with Crippen molar-refractivity contribution in [3.63, 3.8) is 0 Å². The van der Waals surface area contributed by atoms with E-state index >= 15 is 0 Å². The number of carbonyl (C=O) groups is 2. The summed E-state index contributed by atoms with van der Waals surface area (Å²) in [6.45, 7) is 6.22. The average molecular weight is 490 g/mol. The molecule has 1 amide bonds. The van der Waals surface area contributed by atoms with Gasteiger partial charge in [0.1, 0.15) is 11.4 Å². The molecule has 0 radical (unpaired) electrons. The van der Waals surface area contributed by atoms with Gasteiger partial charge < -0.3 is 10.1 Å². The van der Waals surface area contributed by atoms with E-state index in [1.807, 2.05) is 45.0 Å². The van der Waals surface area contributed by atoms with Crippen LogP contribution in [-0.2, 0) is 16.1 Å². The molecule has 2 aromatic heterocycles. The van der Waals surface area contributed by atoms with E-state index in [0.717, 1.165) is 34.4 Å². The Morgan fingerprint density at radius 2 is 1.77 bits per heavy atom. The first-order valence-corrected chi connectivity index (χ1v) is 12.3. The second kappa shape index (κ2) is 10.7. The van der Waals surface area contributed by atoms with Gasteiger partial charge in [-0.25, -0.2) is 9.78 Å². The van der Waals surface area contributed by atoms with E-state index in [-0.39, 0.29) is 18.0 Å². The molecule has 8 heteroatoms. The standard InChI is InChI=1S/C27H27N3O4S/c1-4-5-14-34-27(33)20-10-12-21(13-11-20)29-22(31)15-30-16-28-25-24(26(30)32)23(18(3)35-25)19-8-6-17(2)7-9-19/h6-13,16H,4-5,14-15H2,1-3H3,(H,29,31). The predicted octanol–water partition coefficient (Wildman–Crippen LogP) is 5.34.